The lowest BCUT2D eigenvalue weighted by Gasteiger charge is -2.25. The number of ether oxygens (including phenoxy) is 1. The van der Waals surface area contributed by atoms with Gasteiger partial charge in [-0.1, -0.05) is 6.07 Å². The standard InChI is InChI=1S/C16H19N3O/c1-17-15-5-2-4-12-10-13(6-7-14(12)15)20-11-16-18-8-3-9-19-16/h3,6-10,15,17H,2,4-5,11H2,1H3. The van der Waals surface area contributed by atoms with E-state index < -0.39 is 0 Å². The lowest BCUT2D eigenvalue weighted by Crippen LogP contribution is -2.21. The SMILES string of the molecule is CNC1CCCc2cc(OCc3ncccn3)ccc21. The third kappa shape index (κ3) is 2.80. The van der Waals surface area contributed by atoms with Crippen molar-refractivity contribution in [2.45, 2.75) is 31.9 Å². The number of nitrogens with zero attached hydrogens (tertiary/aromatic N) is 2. The summed E-state index contributed by atoms with van der Waals surface area (Å²) >= 11 is 0. The number of fused-ring (bicyclic) bond motifs is 1. The van der Waals surface area contributed by atoms with Crippen molar-refractivity contribution < 1.29 is 4.74 Å². The predicted molar refractivity (Wildman–Crippen MR) is 77.5 cm³/mol. The maximum atomic E-state index is 5.78. The van der Waals surface area contributed by atoms with E-state index >= 15 is 0 Å². The summed E-state index contributed by atoms with van der Waals surface area (Å²) in [6.07, 6.45) is 7.03. The lowest BCUT2D eigenvalue weighted by atomic mass is 9.87. The largest absolute Gasteiger partial charge is 0.486 e. The maximum absolute atomic E-state index is 5.78. The number of rotatable bonds is 4. The van der Waals surface area contributed by atoms with Crippen LogP contribution in [-0.2, 0) is 13.0 Å². The molecule has 1 aliphatic carbocycles. The molecule has 0 spiro atoms. The molecular weight excluding hydrogens is 250 g/mol. The van der Waals surface area contributed by atoms with Crippen molar-refractivity contribution in [1.82, 2.24) is 15.3 Å². The molecule has 1 atom stereocenters. The molecule has 4 nitrogen and oxygen atoms in total. The van der Waals surface area contributed by atoms with Crippen LogP contribution in [0, 0.1) is 0 Å². The Balaban J connectivity index is 1.72. The van der Waals surface area contributed by atoms with Gasteiger partial charge in [0.15, 0.2) is 5.82 Å². The van der Waals surface area contributed by atoms with Crippen LogP contribution in [-0.4, -0.2) is 17.0 Å². The van der Waals surface area contributed by atoms with Crippen LogP contribution < -0.4 is 10.1 Å². The highest BCUT2D eigenvalue weighted by Crippen LogP contribution is 2.31. The van der Waals surface area contributed by atoms with Gasteiger partial charge in [0.1, 0.15) is 12.4 Å². The van der Waals surface area contributed by atoms with Gasteiger partial charge in [0.05, 0.1) is 0 Å². The molecule has 4 heteroatoms. The molecule has 0 aliphatic heterocycles. The van der Waals surface area contributed by atoms with Crippen LogP contribution in [0.3, 0.4) is 0 Å². The number of nitrogens with one attached hydrogen (secondary N) is 1. The third-order valence-electron chi connectivity index (χ3n) is 3.76. The fourth-order valence-electron chi connectivity index (χ4n) is 2.73. The van der Waals surface area contributed by atoms with E-state index in [9.17, 15) is 0 Å². The molecule has 0 radical (unpaired) electrons. The van der Waals surface area contributed by atoms with E-state index in [0.29, 0.717) is 18.5 Å². The lowest BCUT2D eigenvalue weighted by molar-refractivity contribution is 0.295. The van der Waals surface area contributed by atoms with Crippen molar-refractivity contribution in [3.8, 4) is 5.75 Å². The van der Waals surface area contributed by atoms with Crippen LogP contribution in [0.25, 0.3) is 0 Å². The third-order valence-corrected chi connectivity index (χ3v) is 3.76. The minimum atomic E-state index is 0.412. The van der Waals surface area contributed by atoms with Crippen LogP contribution in [0.2, 0.25) is 0 Å². The first-order valence-electron chi connectivity index (χ1n) is 7.05. The predicted octanol–water partition coefficient (Wildman–Crippen LogP) is 2.65. The van der Waals surface area contributed by atoms with Crippen LogP contribution in [0.15, 0.2) is 36.7 Å². The molecule has 2 aromatic rings. The molecule has 1 aromatic heterocycles. The number of hydrogen-bond acceptors (Lipinski definition) is 4. The van der Waals surface area contributed by atoms with E-state index in [1.54, 1.807) is 18.5 Å². The highest BCUT2D eigenvalue weighted by molar-refractivity contribution is 5.39. The van der Waals surface area contributed by atoms with Gasteiger partial charge in [-0.2, -0.15) is 0 Å². The van der Waals surface area contributed by atoms with Crippen molar-refractivity contribution >= 4 is 0 Å². The van der Waals surface area contributed by atoms with E-state index in [-0.39, 0.29) is 0 Å². The van der Waals surface area contributed by atoms with Gasteiger partial charge >= 0.3 is 0 Å². The van der Waals surface area contributed by atoms with Crippen molar-refractivity contribution in [1.29, 1.82) is 0 Å². The molecule has 0 bridgehead atoms. The summed E-state index contributed by atoms with van der Waals surface area (Å²) in [6, 6.07) is 8.65. The number of aryl methyl sites for hydroxylation is 1. The summed E-state index contributed by atoms with van der Waals surface area (Å²) in [5, 5.41) is 3.38. The fraction of sp³-hybridized carbons (Fsp3) is 0.375. The molecule has 20 heavy (non-hydrogen) atoms. The van der Waals surface area contributed by atoms with Crippen LogP contribution in [0.1, 0.15) is 35.8 Å². The zero-order valence-corrected chi connectivity index (χ0v) is 11.7. The fourth-order valence-corrected chi connectivity index (χ4v) is 2.73. The summed E-state index contributed by atoms with van der Waals surface area (Å²) in [5.41, 5.74) is 2.80. The average molecular weight is 269 g/mol. The molecule has 0 saturated carbocycles. The zero-order valence-electron chi connectivity index (χ0n) is 11.7. The van der Waals surface area contributed by atoms with Gasteiger partial charge in [-0.3, -0.25) is 0 Å². The molecule has 1 heterocycles. The maximum Gasteiger partial charge on any atom is 0.166 e. The topological polar surface area (TPSA) is 47.0 Å². The van der Waals surface area contributed by atoms with Crippen molar-refractivity contribution in [2.24, 2.45) is 0 Å². The normalized spacial score (nSPS) is 17.6. The first-order valence-corrected chi connectivity index (χ1v) is 7.05. The second-order valence-electron chi connectivity index (χ2n) is 5.05. The highest BCUT2D eigenvalue weighted by Gasteiger charge is 2.18. The Labute approximate surface area is 119 Å². The Morgan fingerprint density at radius 3 is 2.95 bits per heavy atom. The molecule has 1 unspecified atom stereocenters. The summed E-state index contributed by atoms with van der Waals surface area (Å²) < 4.78 is 5.78. The van der Waals surface area contributed by atoms with Gasteiger partial charge in [-0.25, -0.2) is 9.97 Å². The second-order valence-corrected chi connectivity index (χ2v) is 5.05. The van der Waals surface area contributed by atoms with Gasteiger partial charge < -0.3 is 10.1 Å². The van der Waals surface area contributed by atoms with Crippen molar-refractivity contribution in [3.63, 3.8) is 0 Å². The number of aromatic nitrogens is 2. The molecule has 1 N–H and O–H groups in total. The van der Waals surface area contributed by atoms with Gasteiger partial charge in [0, 0.05) is 18.4 Å². The molecule has 1 aromatic carbocycles. The summed E-state index contributed by atoms with van der Waals surface area (Å²) in [6.45, 7) is 0.412. The second kappa shape index (κ2) is 6.01. The van der Waals surface area contributed by atoms with Crippen LogP contribution in [0.4, 0.5) is 0 Å². The molecule has 0 saturated heterocycles. The number of benzene rings is 1. The van der Waals surface area contributed by atoms with Gasteiger partial charge in [0.25, 0.3) is 0 Å². The Hall–Kier alpha value is -1.94. The van der Waals surface area contributed by atoms with Crippen molar-refractivity contribution in [2.75, 3.05) is 7.05 Å². The van der Waals surface area contributed by atoms with Gasteiger partial charge in [-0.05, 0) is 55.6 Å². The molecule has 1 aliphatic rings. The van der Waals surface area contributed by atoms with Gasteiger partial charge in [-0.15, -0.1) is 0 Å². The minimum absolute atomic E-state index is 0.412. The smallest absolute Gasteiger partial charge is 0.166 e. The Bertz CT molecular complexity index is 571. The molecular formula is C16H19N3O. The summed E-state index contributed by atoms with van der Waals surface area (Å²) in [5.74, 6) is 1.60. The van der Waals surface area contributed by atoms with E-state index in [2.05, 4.69) is 27.4 Å². The quantitative estimate of drug-likeness (QED) is 0.927. The zero-order chi connectivity index (χ0) is 13.8. The minimum Gasteiger partial charge on any atom is -0.486 e. The first-order chi connectivity index (χ1) is 9.86. The molecule has 3 rings (SSSR count). The van der Waals surface area contributed by atoms with Crippen LogP contribution in [0.5, 0.6) is 5.75 Å². The summed E-state index contributed by atoms with van der Waals surface area (Å²) in [4.78, 5) is 8.32. The summed E-state index contributed by atoms with van der Waals surface area (Å²) in [7, 11) is 2.02. The average Bonchev–Trinajstić information content (AvgIpc) is 2.53. The molecule has 0 fully saturated rings. The molecule has 104 valence electrons. The van der Waals surface area contributed by atoms with E-state index in [1.165, 1.54) is 24.0 Å². The van der Waals surface area contributed by atoms with Crippen molar-refractivity contribution in [3.05, 3.63) is 53.6 Å². The van der Waals surface area contributed by atoms with E-state index in [0.717, 1.165) is 12.2 Å². The first kappa shape index (κ1) is 13.1. The van der Waals surface area contributed by atoms with E-state index in [4.69, 9.17) is 4.74 Å². The van der Waals surface area contributed by atoms with Gasteiger partial charge in [0.2, 0.25) is 0 Å². The monoisotopic (exact) mass is 269 g/mol. The van der Waals surface area contributed by atoms with Crippen LogP contribution >= 0.6 is 0 Å². The Kier molecular flexibility index (Phi) is 3.92. The van der Waals surface area contributed by atoms with E-state index in [1.807, 2.05) is 13.1 Å². The Morgan fingerprint density at radius 2 is 2.15 bits per heavy atom. The molecule has 0 amide bonds. The Morgan fingerprint density at radius 1 is 1.30 bits per heavy atom. The number of hydrogen-bond donors (Lipinski definition) is 1. The highest BCUT2D eigenvalue weighted by atomic mass is 16.5.